The van der Waals surface area contributed by atoms with Crippen LogP contribution in [0.1, 0.15) is 35.4 Å². The van der Waals surface area contributed by atoms with Crippen molar-refractivity contribution in [1.29, 1.82) is 0 Å². The van der Waals surface area contributed by atoms with Crippen molar-refractivity contribution in [2.75, 3.05) is 19.8 Å². The molecule has 6 heteroatoms. The Balaban J connectivity index is 1.40. The Kier molecular flexibility index (Phi) is 5.73. The average Bonchev–Trinajstić information content (AvgIpc) is 2.96. The Labute approximate surface area is 152 Å². The van der Waals surface area contributed by atoms with Gasteiger partial charge in [-0.2, -0.15) is 0 Å². The van der Waals surface area contributed by atoms with Gasteiger partial charge in [0, 0.05) is 5.56 Å². The predicted molar refractivity (Wildman–Crippen MR) is 95.3 cm³/mol. The fourth-order valence-electron chi connectivity index (χ4n) is 2.77. The Morgan fingerprint density at radius 1 is 1.08 bits per heavy atom. The summed E-state index contributed by atoms with van der Waals surface area (Å²) in [5, 5.41) is 2.78. The molecule has 0 aliphatic carbocycles. The number of esters is 1. The van der Waals surface area contributed by atoms with Crippen LogP contribution in [0.2, 0.25) is 0 Å². The van der Waals surface area contributed by atoms with Gasteiger partial charge in [0.25, 0.3) is 0 Å². The molecule has 1 N–H and O–H groups in total. The Hall–Kier alpha value is -3.02. The number of ether oxygens (including phenoxy) is 3. The fraction of sp³-hybridized carbons (Fsp3) is 0.300. The van der Waals surface area contributed by atoms with Gasteiger partial charge in [0.15, 0.2) is 0 Å². The molecule has 0 aromatic heterocycles. The van der Waals surface area contributed by atoms with Crippen molar-refractivity contribution < 1.29 is 23.8 Å². The van der Waals surface area contributed by atoms with E-state index in [1.807, 2.05) is 43.3 Å². The summed E-state index contributed by atoms with van der Waals surface area (Å²) in [6.07, 6.45) is -0.419. The molecule has 0 saturated carbocycles. The largest absolute Gasteiger partial charge is 0.494 e. The number of carbonyl (C=O) groups excluding carboxylic acids is 2. The number of nitrogens with one attached hydrogen (secondary N) is 1. The summed E-state index contributed by atoms with van der Waals surface area (Å²) in [5.74, 6) is 0.938. The fourth-order valence-corrected chi connectivity index (χ4v) is 2.77. The van der Waals surface area contributed by atoms with E-state index in [9.17, 15) is 9.59 Å². The molecule has 0 bridgehead atoms. The van der Waals surface area contributed by atoms with Crippen molar-refractivity contribution in [2.24, 2.45) is 0 Å². The van der Waals surface area contributed by atoms with Crippen LogP contribution < -0.4 is 14.8 Å². The van der Waals surface area contributed by atoms with Crippen molar-refractivity contribution in [2.45, 2.75) is 19.4 Å². The maximum absolute atomic E-state index is 12.1. The molecule has 1 amide bonds. The van der Waals surface area contributed by atoms with E-state index in [1.54, 1.807) is 12.1 Å². The highest BCUT2D eigenvalue weighted by molar-refractivity contribution is 5.94. The van der Waals surface area contributed by atoms with Gasteiger partial charge < -0.3 is 19.5 Å². The van der Waals surface area contributed by atoms with E-state index >= 15 is 0 Å². The Bertz CT molecular complexity index is 772. The summed E-state index contributed by atoms with van der Waals surface area (Å²) >= 11 is 0. The number of fused-ring (bicyclic) bond motifs is 1. The summed E-state index contributed by atoms with van der Waals surface area (Å²) in [4.78, 5) is 23.8. The number of benzene rings is 2. The minimum atomic E-state index is -0.522. The average molecular weight is 355 g/mol. The van der Waals surface area contributed by atoms with Gasteiger partial charge in [-0.05, 0) is 37.3 Å². The summed E-state index contributed by atoms with van der Waals surface area (Å²) in [7, 11) is 0. The highest BCUT2D eigenvalue weighted by Crippen LogP contribution is 2.32. The normalized spacial score (nSPS) is 15.1. The van der Waals surface area contributed by atoms with Crippen LogP contribution in [0.4, 0.5) is 0 Å². The minimum Gasteiger partial charge on any atom is -0.494 e. The smallest absolute Gasteiger partial charge is 0.339 e. The number of hydrogen-bond donors (Lipinski definition) is 1. The van der Waals surface area contributed by atoms with Crippen molar-refractivity contribution in [3.8, 4) is 11.5 Å². The van der Waals surface area contributed by atoms with Crippen molar-refractivity contribution >= 4 is 11.9 Å². The van der Waals surface area contributed by atoms with Gasteiger partial charge in [-0.15, -0.1) is 0 Å². The number of rotatable bonds is 8. The van der Waals surface area contributed by atoms with Crippen LogP contribution in [-0.2, 0) is 9.53 Å². The summed E-state index contributed by atoms with van der Waals surface area (Å²) in [6, 6.07) is 14.4. The van der Waals surface area contributed by atoms with E-state index in [1.165, 1.54) is 0 Å². The molecule has 2 aromatic rings. The van der Waals surface area contributed by atoms with Gasteiger partial charge in [-0.1, -0.05) is 18.2 Å². The third-order valence-electron chi connectivity index (χ3n) is 3.98. The maximum Gasteiger partial charge on any atom is 0.339 e. The van der Waals surface area contributed by atoms with Gasteiger partial charge >= 0.3 is 5.97 Å². The molecule has 0 spiro atoms. The first-order valence-electron chi connectivity index (χ1n) is 8.59. The molecule has 136 valence electrons. The van der Waals surface area contributed by atoms with E-state index in [4.69, 9.17) is 14.2 Å². The SMILES string of the molecule is CCOc1ccc(OCCNC(=O)C[C@@H]2OC(=O)c3ccccc32)cc1. The third-order valence-corrected chi connectivity index (χ3v) is 3.98. The Morgan fingerprint density at radius 2 is 1.77 bits per heavy atom. The molecular formula is C20H21NO5. The quantitative estimate of drug-likeness (QED) is 0.582. The van der Waals surface area contributed by atoms with E-state index in [0.29, 0.717) is 31.1 Å². The second-order valence-electron chi connectivity index (χ2n) is 5.79. The summed E-state index contributed by atoms with van der Waals surface area (Å²) in [5.41, 5.74) is 1.29. The highest BCUT2D eigenvalue weighted by Gasteiger charge is 2.31. The van der Waals surface area contributed by atoms with Gasteiger partial charge in [-0.25, -0.2) is 4.79 Å². The van der Waals surface area contributed by atoms with E-state index in [0.717, 1.165) is 11.3 Å². The lowest BCUT2D eigenvalue weighted by molar-refractivity contribution is -0.123. The molecule has 0 fully saturated rings. The van der Waals surface area contributed by atoms with Gasteiger partial charge in [-0.3, -0.25) is 4.79 Å². The molecule has 2 aromatic carbocycles. The first-order valence-corrected chi connectivity index (χ1v) is 8.59. The van der Waals surface area contributed by atoms with E-state index in [2.05, 4.69) is 5.32 Å². The number of carbonyl (C=O) groups is 2. The standard InChI is InChI=1S/C20H21NO5/c1-2-24-14-7-9-15(10-8-14)25-12-11-21-19(22)13-18-16-5-3-4-6-17(16)20(23)26-18/h3-10,18H,2,11-13H2,1H3,(H,21,22)/t18-/m0/s1. The molecule has 6 nitrogen and oxygen atoms in total. The zero-order valence-corrected chi connectivity index (χ0v) is 14.6. The predicted octanol–water partition coefficient (Wildman–Crippen LogP) is 2.88. The number of amides is 1. The number of hydrogen-bond acceptors (Lipinski definition) is 5. The molecule has 1 aliphatic rings. The maximum atomic E-state index is 12.1. The van der Waals surface area contributed by atoms with Crippen LogP contribution in [0.5, 0.6) is 11.5 Å². The zero-order valence-electron chi connectivity index (χ0n) is 14.6. The first kappa shape index (κ1) is 17.8. The Morgan fingerprint density at radius 3 is 2.50 bits per heavy atom. The van der Waals surface area contributed by atoms with Gasteiger partial charge in [0.05, 0.1) is 25.1 Å². The van der Waals surface area contributed by atoms with Crippen LogP contribution in [-0.4, -0.2) is 31.6 Å². The first-order chi connectivity index (χ1) is 12.7. The van der Waals surface area contributed by atoms with Crippen LogP contribution >= 0.6 is 0 Å². The molecule has 0 unspecified atom stereocenters. The van der Waals surface area contributed by atoms with Crippen LogP contribution in [0.25, 0.3) is 0 Å². The number of cyclic esters (lactones) is 1. The van der Waals surface area contributed by atoms with Gasteiger partial charge in [0.1, 0.15) is 24.2 Å². The monoisotopic (exact) mass is 355 g/mol. The lowest BCUT2D eigenvalue weighted by Gasteiger charge is -2.12. The molecule has 0 saturated heterocycles. The lowest BCUT2D eigenvalue weighted by Crippen LogP contribution is -2.29. The lowest BCUT2D eigenvalue weighted by atomic mass is 10.0. The van der Waals surface area contributed by atoms with Crippen LogP contribution in [0.15, 0.2) is 48.5 Å². The molecule has 26 heavy (non-hydrogen) atoms. The van der Waals surface area contributed by atoms with Crippen molar-refractivity contribution in [1.82, 2.24) is 5.32 Å². The minimum absolute atomic E-state index is 0.103. The highest BCUT2D eigenvalue weighted by atomic mass is 16.5. The van der Waals surface area contributed by atoms with Crippen LogP contribution in [0, 0.1) is 0 Å². The summed E-state index contributed by atoms with van der Waals surface area (Å²) in [6.45, 7) is 3.26. The summed E-state index contributed by atoms with van der Waals surface area (Å²) < 4.78 is 16.2. The second-order valence-corrected chi connectivity index (χ2v) is 5.79. The molecule has 1 heterocycles. The molecule has 1 aliphatic heterocycles. The molecule has 0 radical (unpaired) electrons. The van der Waals surface area contributed by atoms with E-state index in [-0.39, 0.29) is 18.3 Å². The zero-order chi connectivity index (χ0) is 18.4. The topological polar surface area (TPSA) is 73.9 Å². The third kappa shape index (κ3) is 4.33. The molecule has 1 atom stereocenters. The van der Waals surface area contributed by atoms with E-state index < -0.39 is 6.10 Å². The molecular weight excluding hydrogens is 334 g/mol. The van der Waals surface area contributed by atoms with Crippen molar-refractivity contribution in [3.63, 3.8) is 0 Å². The van der Waals surface area contributed by atoms with Crippen LogP contribution in [0.3, 0.4) is 0 Å². The van der Waals surface area contributed by atoms with Crippen molar-refractivity contribution in [3.05, 3.63) is 59.7 Å². The van der Waals surface area contributed by atoms with Gasteiger partial charge in [0.2, 0.25) is 5.91 Å². The second kappa shape index (κ2) is 8.38. The molecule has 3 rings (SSSR count).